The number of halogens is 2. The standard InChI is InChI=1S/C22H25F2NO5/c1-28-6-7-29-20-9-14(8-18(26)13-20)22(27)25-17-2-4-19(5-3-17)30-21-11-15(23)10-16(24)12-21/h8-13,17,19,26H,2-7H2,1H3,(H,25,27). The van der Waals surface area contributed by atoms with Gasteiger partial charge >= 0.3 is 0 Å². The number of amides is 1. The van der Waals surface area contributed by atoms with Crippen molar-refractivity contribution in [2.75, 3.05) is 20.3 Å². The molecule has 6 nitrogen and oxygen atoms in total. The number of phenolic OH excluding ortho intramolecular Hbond substituents is 1. The fraction of sp³-hybridized carbons (Fsp3) is 0.409. The van der Waals surface area contributed by atoms with Crippen LogP contribution in [0.3, 0.4) is 0 Å². The van der Waals surface area contributed by atoms with Crippen LogP contribution < -0.4 is 14.8 Å². The Morgan fingerprint density at radius 1 is 1.00 bits per heavy atom. The number of ether oxygens (including phenoxy) is 3. The summed E-state index contributed by atoms with van der Waals surface area (Å²) in [7, 11) is 1.56. The van der Waals surface area contributed by atoms with Crippen LogP contribution in [0.1, 0.15) is 36.0 Å². The zero-order valence-electron chi connectivity index (χ0n) is 16.7. The zero-order valence-corrected chi connectivity index (χ0v) is 16.7. The van der Waals surface area contributed by atoms with E-state index in [0.29, 0.717) is 50.2 Å². The molecule has 0 saturated heterocycles. The second-order valence-electron chi connectivity index (χ2n) is 7.23. The number of benzene rings is 2. The molecule has 2 aromatic carbocycles. The van der Waals surface area contributed by atoms with Gasteiger partial charge in [-0.15, -0.1) is 0 Å². The van der Waals surface area contributed by atoms with Gasteiger partial charge in [-0.05, 0) is 37.8 Å². The molecule has 1 aliphatic rings. The molecule has 0 spiro atoms. The first-order valence-electron chi connectivity index (χ1n) is 9.82. The molecule has 1 saturated carbocycles. The summed E-state index contributed by atoms with van der Waals surface area (Å²) in [4.78, 5) is 12.6. The first-order valence-corrected chi connectivity index (χ1v) is 9.82. The van der Waals surface area contributed by atoms with Gasteiger partial charge in [-0.2, -0.15) is 0 Å². The molecule has 0 unspecified atom stereocenters. The van der Waals surface area contributed by atoms with Gasteiger partial charge in [0.2, 0.25) is 0 Å². The summed E-state index contributed by atoms with van der Waals surface area (Å²) in [6.07, 6.45) is 2.47. The molecule has 8 heteroatoms. The maximum absolute atomic E-state index is 13.3. The lowest BCUT2D eigenvalue weighted by Gasteiger charge is -2.29. The zero-order chi connectivity index (χ0) is 21.5. The van der Waals surface area contributed by atoms with E-state index in [0.717, 1.165) is 18.2 Å². The van der Waals surface area contributed by atoms with Crippen molar-refractivity contribution in [3.8, 4) is 17.2 Å². The molecular weight excluding hydrogens is 396 g/mol. The molecule has 1 aliphatic carbocycles. The lowest BCUT2D eigenvalue weighted by molar-refractivity contribution is 0.0892. The second-order valence-corrected chi connectivity index (χ2v) is 7.23. The van der Waals surface area contributed by atoms with Crippen LogP contribution in [0.4, 0.5) is 8.78 Å². The Morgan fingerprint density at radius 3 is 2.37 bits per heavy atom. The number of methoxy groups -OCH3 is 1. The highest BCUT2D eigenvalue weighted by Gasteiger charge is 2.24. The van der Waals surface area contributed by atoms with Gasteiger partial charge in [-0.3, -0.25) is 4.79 Å². The number of rotatable bonds is 8. The molecule has 0 atom stereocenters. The Bertz CT molecular complexity index is 848. The van der Waals surface area contributed by atoms with Gasteiger partial charge in [-0.1, -0.05) is 0 Å². The minimum absolute atomic E-state index is 0.0539. The highest BCUT2D eigenvalue weighted by Crippen LogP contribution is 2.26. The highest BCUT2D eigenvalue weighted by molar-refractivity contribution is 5.95. The van der Waals surface area contributed by atoms with Gasteiger partial charge in [0.15, 0.2) is 0 Å². The van der Waals surface area contributed by atoms with Crippen molar-refractivity contribution in [1.82, 2.24) is 5.32 Å². The van der Waals surface area contributed by atoms with Crippen LogP contribution in [0.5, 0.6) is 17.2 Å². The number of carbonyl (C=O) groups is 1. The first kappa shape index (κ1) is 21.8. The van der Waals surface area contributed by atoms with Crippen LogP contribution in [0, 0.1) is 11.6 Å². The van der Waals surface area contributed by atoms with Crippen LogP contribution in [0.15, 0.2) is 36.4 Å². The summed E-state index contributed by atoms with van der Waals surface area (Å²) in [5, 5.41) is 12.8. The van der Waals surface area contributed by atoms with E-state index in [1.54, 1.807) is 13.2 Å². The van der Waals surface area contributed by atoms with Gasteiger partial charge < -0.3 is 24.6 Å². The third-order valence-corrected chi connectivity index (χ3v) is 4.86. The van der Waals surface area contributed by atoms with Gasteiger partial charge in [-0.25, -0.2) is 8.78 Å². The number of aromatic hydroxyl groups is 1. The summed E-state index contributed by atoms with van der Waals surface area (Å²) >= 11 is 0. The van der Waals surface area contributed by atoms with Crippen LogP contribution in [-0.4, -0.2) is 43.5 Å². The molecule has 1 amide bonds. The maximum atomic E-state index is 13.3. The van der Waals surface area contributed by atoms with Crippen LogP contribution in [0.25, 0.3) is 0 Å². The third-order valence-electron chi connectivity index (χ3n) is 4.86. The highest BCUT2D eigenvalue weighted by atomic mass is 19.1. The average Bonchev–Trinajstić information content (AvgIpc) is 2.68. The van der Waals surface area contributed by atoms with Crippen LogP contribution in [0.2, 0.25) is 0 Å². The topological polar surface area (TPSA) is 77.0 Å². The molecule has 0 radical (unpaired) electrons. The van der Waals surface area contributed by atoms with Crippen molar-refractivity contribution in [2.45, 2.75) is 37.8 Å². The molecular formula is C22H25F2NO5. The van der Waals surface area contributed by atoms with E-state index >= 15 is 0 Å². The average molecular weight is 421 g/mol. The number of phenols is 1. The lowest BCUT2D eigenvalue weighted by atomic mass is 9.92. The number of hydrogen-bond donors (Lipinski definition) is 2. The van der Waals surface area contributed by atoms with Crippen LogP contribution >= 0.6 is 0 Å². The minimum atomic E-state index is -0.678. The molecule has 2 N–H and O–H groups in total. The van der Waals surface area contributed by atoms with Gasteiger partial charge in [0, 0.05) is 43.0 Å². The first-order chi connectivity index (χ1) is 14.4. The maximum Gasteiger partial charge on any atom is 0.251 e. The molecule has 0 aliphatic heterocycles. The van der Waals surface area contributed by atoms with Crippen molar-refractivity contribution in [3.63, 3.8) is 0 Å². The van der Waals surface area contributed by atoms with Gasteiger partial charge in [0.25, 0.3) is 5.91 Å². The van der Waals surface area contributed by atoms with E-state index in [2.05, 4.69) is 5.32 Å². The summed E-state index contributed by atoms with van der Waals surface area (Å²) in [5.74, 6) is -1.17. The summed E-state index contributed by atoms with van der Waals surface area (Å²) < 4.78 is 42.6. The summed E-state index contributed by atoms with van der Waals surface area (Å²) in [5.41, 5.74) is 0.302. The Morgan fingerprint density at radius 2 is 1.70 bits per heavy atom. The molecule has 0 aromatic heterocycles. The minimum Gasteiger partial charge on any atom is -0.508 e. The fourth-order valence-electron chi connectivity index (χ4n) is 3.42. The number of hydrogen-bond acceptors (Lipinski definition) is 5. The van der Waals surface area contributed by atoms with E-state index in [1.807, 2.05) is 0 Å². The largest absolute Gasteiger partial charge is 0.508 e. The Hall–Kier alpha value is -2.87. The van der Waals surface area contributed by atoms with E-state index in [9.17, 15) is 18.7 Å². The Balaban J connectivity index is 1.51. The molecule has 0 heterocycles. The van der Waals surface area contributed by atoms with E-state index < -0.39 is 11.6 Å². The quantitative estimate of drug-likeness (QED) is 0.634. The monoisotopic (exact) mass is 421 g/mol. The number of carbonyl (C=O) groups excluding carboxylic acids is 1. The second kappa shape index (κ2) is 10.2. The summed E-state index contributed by atoms with van der Waals surface area (Å²) in [6, 6.07) is 7.44. The van der Waals surface area contributed by atoms with Gasteiger partial charge in [0.05, 0.1) is 12.7 Å². The molecule has 30 heavy (non-hydrogen) atoms. The van der Waals surface area contributed by atoms with Crippen molar-refractivity contribution in [1.29, 1.82) is 0 Å². The molecule has 162 valence electrons. The normalized spacial score (nSPS) is 18.6. The van der Waals surface area contributed by atoms with Crippen molar-refractivity contribution in [2.24, 2.45) is 0 Å². The molecule has 3 rings (SSSR count). The van der Waals surface area contributed by atoms with Crippen molar-refractivity contribution >= 4 is 5.91 Å². The SMILES string of the molecule is COCCOc1cc(O)cc(C(=O)NC2CCC(Oc3cc(F)cc(F)c3)CC2)c1. The number of nitrogens with one attached hydrogen (secondary N) is 1. The summed E-state index contributed by atoms with van der Waals surface area (Å²) in [6.45, 7) is 0.699. The fourth-order valence-corrected chi connectivity index (χ4v) is 3.42. The van der Waals surface area contributed by atoms with E-state index in [-0.39, 0.29) is 29.6 Å². The van der Waals surface area contributed by atoms with Crippen molar-refractivity contribution < 1.29 is 32.9 Å². The predicted octanol–water partition coefficient (Wildman–Crippen LogP) is 3.82. The lowest BCUT2D eigenvalue weighted by Crippen LogP contribution is -2.39. The Kier molecular flexibility index (Phi) is 7.46. The molecule has 2 aromatic rings. The van der Waals surface area contributed by atoms with E-state index in [1.165, 1.54) is 12.1 Å². The molecule has 1 fully saturated rings. The molecule has 0 bridgehead atoms. The van der Waals surface area contributed by atoms with Crippen LogP contribution in [-0.2, 0) is 4.74 Å². The smallest absolute Gasteiger partial charge is 0.251 e. The van der Waals surface area contributed by atoms with E-state index in [4.69, 9.17) is 14.2 Å². The van der Waals surface area contributed by atoms with Crippen molar-refractivity contribution in [3.05, 3.63) is 53.6 Å². The Labute approximate surface area is 173 Å². The predicted molar refractivity (Wildman–Crippen MR) is 106 cm³/mol. The third kappa shape index (κ3) is 6.32. The van der Waals surface area contributed by atoms with Gasteiger partial charge in [0.1, 0.15) is 35.5 Å².